The molecule has 9 heteroatoms. The molecule has 0 radical (unpaired) electrons. The first-order valence-corrected chi connectivity index (χ1v) is 4.12. The third kappa shape index (κ3) is 2.02. The maximum atomic E-state index is 13.4. The fraction of sp³-hybridized carbons (Fsp3) is 0.125. The minimum absolute atomic E-state index is 0.297. The van der Waals surface area contributed by atoms with Crippen molar-refractivity contribution in [3.8, 4) is 0 Å². The molecule has 0 atom stereocenters. The lowest BCUT2D eigenvalue weighted by Gasteiger charge is -2.04. The first kappa shape index (κ1) is 12.5. The first-order valence-electron chi connectivity index (χ1n) is 4.12. The molecule has 8 nitrogen and oxygen atoms in total. The van der Waals surface area contributed by atoms with Crippen LogP contribution >= 0.6 is 0 Å². The van der Waals surface area contributed by atoms with E-state index in [4.69, 9.17) is 5.11 Å². The van der Waals surface area contributed by atoms with Gasteiger partial charge in [0.15, 0.2) is 0 Å². The molecule has 0 aliphatic heterocycles. The molecule has 0 saturated carbocycles. The maximum absolute atomic E-state index is 13.4. The van der Waals surface area contributed by atoms with E-state index in [1.807, 2.05) is 0 Å². The summed E-state index contributed by atoms with van der Waals surface area (Å²) in [6.45, 7) is 0.929. The Hall–Kier alpha value is -2.58. The normalized spacial score (nSPS) is 10.0. The molecule has 0 saturated heterocycles. The number of carboxylic acids is 1. The summed E-state index contributed by atoms with van der Waals surface area (Å²) < 4.78 is 13.4. The number of nitro groups is 2. The van der Waals surface area contributed by atoms with E-state index in [2.05, 4.69) is 0 Å². The lowest BCUT2D eigenvalue weighted by atomic mass is 10.0. The molecule has 0 fully saturated rings. The van der Waals surface area contributed by atoms with Crippen molar-refractivity contribution < 1.29 is 24.1 Å². The van der Waals surface area contributed by atoms with E-state index in [1.54, 1.807) is 0 Å². The van der Waals surface area contributed by atoms with E-state index in [1.165, 1.54) is 0 Å². The summed E-state index contributed by atoms with van der Waals surface area (Å²) in [6.07, 6.45) is 0. The Kier molecular flexibility index (Phi) is 3.03. The largest absolute Gasteiger partial charge is 0.477 e. The maximum Gasteiger partial charge on any atom is 0.343 e. The number of benzene rings is 1. The van der Waals surface area contributed by atoms with Crippen molar-refractivity contribution in [1.82, 2.24) is 0 Å². The summed E-state index contributed by atoms with van der Waals surface area (Å²) in [5.41, 5.74) is -3.67. The van der Waals surface area contributed by atoms with Crippen LogP contribution in [0.15, 0.2) is 6.07 Å². The van der Waals surface area contributed by atoms with E-state index >= 15 is 0 Å². The SMILES string of the molecule is Cc1c(F)c([N+](=O)[O-])cc([N+](=O)[O-])c1C(=O)O. The predicted molar refractivity (Wildman–Crippen MR) is 51.4 cm³/mol. The fourth-order valence-electron chi connectivity index (χ4n) is 1.31. The van der Waals surface area contributed by atoms with Gasteiger partial charge < -0.3 is 5.11 Å². The van der Waals surface area contributed by atoms with Crippen LogP contribution in [0, 0.1) is 33.0 Å². The Morgan fingerprint density at radius 2 is 1.76 bits per heavy atom. The summed E-state index contributed by atoms with van der Waals surface area (Å²) in [5.74, 6) is -3.11. The van der Waals surface area contributed by atoms with Crippen LogP contribution in [-0.4, -0.2) is 20.9 Å². The van der Waals surface area contributed by atoms with Gasteiger partial charge in [0, 0.05) is 5.56 Å². The van der Waals surface area contributed by atoms with Crippen LogP contribution < -0.4 is 0 Å². The second-order valence-electron chi connectivity index (χ2n) is 3.05. The highest BCUT2D eigenvalue weighted by molar-refractivity contribution is 5.94. The van der Waals surface area contributed by atoms with Gasteiger partial charge in [-0.25, -0.2) is 4.79 Å². The predicted octanol–water partition coefficient (Wildman–Crippen LogP) is 1.65. The molecule has 0 aromatic heterocycles. The zero-order valence-electron chi connectivity index (χ0n) is 8.34. The van der Waals surface area contributed by atoms with E-state index in [0.717, 1.165) is 6.92 Å². The molecule has 0 spiro atoms. The highest BCUT2D eigenvalue weighted by Crippen LogP contribution is 2.31. The molecule has 1 aromatic carbocycles. The van der Waals surface area contributed by atoms with Gasteiger partial charge in [0.2, 0.25) is 5.82 Å². The van der Waals surface area contributed by atoms with Crippen LogP contribution in [0.2, 0.25) is 0 Å². The number of hydrogen-bond acceptors (Lipinski definition) is 5. The topological polar surface area (TPSA) is 124 Å². The van der Waals surface area contributed by atoms with Gasteiger partial charge in [0.25, 0.3) is 5.69 Å². The third-order valence-corrected chi connectivity index (χ3v) is 2.07. The smallest absolute Gasteiger partial charge is 0.343 e. The molecule has 0 aliphatic carbocycles. The molecule has 1 aromatic rings. The Morgan fingerprint density at radius 1 is 1.29 bits per heavy atom. The Bertz CT molecular complexity index is 541. The van der Waals surface area contributed by atoms with Gasteiger partial charge >= 0.3 is 11.7 Å². The third-order valence-electron chi connectivity index (χ3n) is 2.07. The van der Waals surface area contributed by atoms with Crippen molar-refractivity contribution in [2.24, 2.45) is 0 Å². The Balaban J connectivity index is 3.75. The molecule has 17 heavy (non-hydrogen) atoms. The molecule has 0 unspecified atom stereocenters. The van der Waals surface area contributed by atoms with Crippen LogP contribution in [0.5, 0.6) is 0 Å². The van der Waals surface area contributed by atoms with Crippen molar-refractivity contribution in [3.63, 3.8) is 0 Å². The molecular weight excluding hydrogens is 239 g/mol. The molecule has 0 amide bonds. The van der Waals surface area contributed by atoms with Crippen LogP contribution in [0.4, 0.5) is 15.8 Å². The van der Waals surface area contributed by atoms with Crippen LogP contribution in [0.25, 0.3) is 0 Å². The number of nitrogens with zero attached hydrogens (tertiary/aromatic N) is 2. The van der Waals surface area contributed by atoms with Gasteiger partial charge in [-0.15, -0.1) is 0 Å². The Labute approximate surface area is 92.6 Å². The van der Waals surface area contributed by atoms with Gasteiger partial charge in [-0.3, -0.25) is 20.2 Å². The number of aromatic carboxylic acids is 1. The van der Waals surface area contributed by atoms with Gasteiger partial charge in [-0.05, 0) is 6.92 Å². The lowest BCUT2D eigenvalue weighted by Crippen LogP contribution is -2.09. The standard InChI is InChI=1S/C8H5FN2O6/c1-3-6(8(12)13)4(10(14)15)2-5(7(3)9)11(16)17/h2H,1H3,(H,12,13). The van der Waals surface area contributed by atoms with Crippen LogP contribution in [0.3, 0.4) is 0 Å². The summed E-state index contributed by atoms with van der Waals surface area (Å²) in [4.78, 5) is 29.5. The summed E-state index contributed by atoms with van der Waals surface area (Å²) in [6, 6.07) is 0.297. The Morgan fingerprint density at radius 3 is 2.12 bits per heavy atom. The average molecular weight is 244 g/mol. The van der Waals surface area contributed by atoms with E-state index in [-0.39, 0.29) is 0 Å². The molecular formula is C8H5FN2O6. The van der Waals surface area contributed by atoms with Crippen molar-refractivity contribution in [3.05, 3.63) is 43.2 Å². The molecule has 0 aliphatic rings. The van der Waals surface area contributed by atoms with Gasteiger partial charge in [-0.2, -0.15) is 4.39 Å². The quantitative estimate of drug-likeness (QED) is 0.636. The van der Waals surface area contributed by atoms with Crippen LogP contribution in [-0.2, 0) is 0 Å². The molecule has 1 rings (SSSR count). The first-order chi connectivity index (χ1) is 7.77. The monoisotopic (exact) mass is 244 g/mol. The van der Waals surface area contributed by atoms with Gasteiger partial charge in [-0.1, -0.05) is 0 Å². The zero-order chi connectivity index (χ0) is 13.3. The molecule has 0 heterocycles. The molecule has 1 N–H and O–H groups in total. The minimum atomic E-state index is -1.72. The number of rotatable bonds is 3. The summed E-state index contributed by atoms with van der Waals surface area (Å²) >= 11 is 0. The fourth-order valence-corrected chi connectivity index (χ4v) is 1.31. The van der Waals surface area contributed by atoms with E-state index in [0.29, 0.717) is 6.07 Å². The second kappa shape index (κ2) is 4.12. The number of halogens is 1. The summed E-state index contributed by atoms with van der Waals surface area (Å²) in [7, 11) is 0. The number of nitro benzene ring substituents is 2. The number of hydrogen-bond donors (Lipinski definition) is 1. The van der Waals surface area contributed by atoms with E-state index in [9.17, 15) is 29.4 Å². The van der Waals surface area contributed by atoms with Gasteiger partial charge in [0.1, 0.15) is 5.56 Å². The van der Waals surface area contributed by atoms with Crippen LogP contribution in [0.1, 0.15) is 15.9 Å². The zero-order valence-corrected chi connectivity index (χ0v) is 8.34. The van der Waals surface area contributed by atoms with Crippen molar-refractivity contribution in [2.75, 3.05) is 0 Å². The summed E-state index contributed by atoms with van der Waals surface area (Å²) in [5, 5.41) is 29.7. The number of carbonyl (C=O) groups is 1. The highest BCUT2D eigenvalue weighted by Gasteiger charge is 2.31. The minimum Gasteiger partial charge on any atom is -0.477 e. The van der Waals surface area contributed by atoms with Crippen molar-refractivity contribution in [1.29, 1.82) is 0 Å². The molecule has 90 valence electrons. The second-order valence-corrected chi connectivity index (χ2v) is 3.05. The number of carboxylic acid groups (broad SMARTS) is 1. The lowest BCUT2D eigenvalue weighted by molar-refractivity contribution is -0.396. The highest BCUT2D eigenvalue weighted by atomic mass is 19.1. The van der Waals surface area contributed by atoms with Crippen molar-refractivity contribution in [2.45, 2.75) is 6.92 Å². The van der Waals surface area contributed by atoms with Gasteiger partial charge in [0.05, 0.1) is 15.9 Å². The average Bonchev–Trinajstić information content (AvgIpc) is 2.19. The van der Waals surface area contributed by atoms with E-state index < -0.39 is 44.1 Å². The molecule has 0 bridgehead atoms. The van der Waals surface area contributed by atoms with Crippen molar-refractivity contribution >= 4 is 17.3 Å².